The van der Waals surface area contributed by atoms with E-state index in [2.05, 4.69) is 30.9 Å². The molecule has 3 nitrogen and oxygen atoms in total. The van der Waals surface area contributed by atoms with Crippen LogP contribution < -0.4 is 5.73 Å². The second-order valence-electron chi connectivity index (χ2n) is 6.19. The van der Waals surface area contributed by atoms with Crippen LogP contribution in [0.5, 0.6) is 0 Å². The number of hydrogen-bond acceptors (Lipinski definition) is 3. The van der Waals surface area contributed by atoms with Gasteiger partial charge in [0.25, 0.3) is 0 Å². The average Bonchev–Trinajstić information content (AvgIpc) is 2.70. The highest BCUT2D eigenvalue weighted by Gasteiger charge is 2.34. The molecule has 1 atom stereocenters. The fourth-order valence-electron chi connectivity index (χ4n) is 3.21. The summed E-state index contributed by atoms with van der Waals surface area (Å²) in [6.07, 6.45) is 2.27. The van der Waals surface area contributed by atoms with Crippen LogP contribution in [0.3, 0.4) is 0 Å². The molecule has 0 aliphatic carbocycles. The van der Waals surface area contributed by atoms with Crippen LogP contribution in [0.1, 0.15) is 37.8 Å². The first kappa shape index (κ1) is 12.0. The highest BCUT2D eigenvalue weighted by Crippen LogP contribution is 2.33. The van der Waals surface area contributed by atoms with Crippen molar-refractivity contribution in [2.45, 2.75) is 51.4 Å². The summed E-state index contributed by atoms with van der Waals surface area (Å²) in [5.74, 6) is 0. The van der Waals surface area contributed by atoms with Crippen LogP contribution >= 0.6 is 0 Å². The van der Waals surface area contributed by atoms with E-state index < -0.39 is 0 Å². The fraction of sp³-hybridized carbons (Fsp3) is 0.600. The first-order chi connectivity index (χ1) is 8.53. The summed E-state index contributed by atoms with van der Waals surface area (Å²) in [6.45, 7) is 7.38. The van der Waals surface area contributed by atoms with Crippen molar-refractivity contribution in [3.05, 3.63) is 29.3 Å². The van der Waals surface area contributed by atoms with Crippen LogP contribution in [-0.4, -0.2) is 23.1 Å². The highest BCUT2D eigenvalue weighted by atomic mass is 16.5. The minimum absolute atomic E-state index is 0.0245. The molecule has 0 bridgehead atoms. The Morgan fingerprint density at radius 2 is 2.06 bits per heavy atom. The van der Waals surface area contributed by atoms with E-state index in [9.17, 15) is 0 Å². The maximum Gasteiger partial charge on any atom is 0.0641 e. The SMILES string of the molecule is CC1(C)CC(N2Cc3ccc(N)cc3C2)CCO1. The molecule has 0 radical (unpaired) electrons. The molecule has 2 heterocycles. The molecule has 3 heteroatoms. The number of rotatable bonds is 1. The van der Waals surface area contributed by atoms with E-state index in [-0.39, 0.29) is 5.60 Å². The molecule has 2 aliphatic rings. The van der Waals surface area contributed by atoms with E-state index in [1.807, 2.05) is 6.07 Å². The van der Waals surface area contributed by atoms with Crippen molar-refractivity contribution >= 4 is 5.69 Å². The lowest BCUT2D eigenvalue weighted by Gasteiger charge is -2.39. The number of nitrogens with two attached hydrogens (primary N) is 1. The molecule has 2 aliphatic heterocycles. The summed E-state index contributed by atoms with van der Waals surface area (Å²) in [6, 6.07) is 6.95. The molecule has 0 aromatic heterocycles. The predicted octanol–water partition coefficient (Wildman–Crippen LogP) is 2.54. The van der Waals surface area contributed by atoms with Gasteiger partial charge in [-0.1, -0.05) is 6.07 Å². The Morgan fingerprint density at radius 3 is 2.83 bits per heavy atom. The molecule has 2 N–H and O–H groups in total. The second kappa shape index (κ2) is 4.25. The molecular weight excluding hydrogens is 224 g/mol. The Labute approximate surface area is 109 Å². The van der Waals surface area contributed by atoms with Gasteiger partial charge in [0.05, 0.1) is 5.60 Å². The first-order valence-electron chi connectivity index (χ1n) is 6.79. The molecular formula is C15H22N2O. The molecule has 1 aromatic carbocycles. The van der Waals surface area contributed by atoms with Gasteiger partial charge in [-0.3, -0.25) is 4.90 Å². The van der Waals surface area contributed by atoms with Crippen LogP contribution in [0.15, 0.2) is 18.2 Å². The summed E-state index contributed by atoms with van der Waals surface area (Å²) < 4.78 is 5.80. The monoisotopic (exact) mass is 246 g/mol. The topological polar surface area (TPSA) is 38.5 Å². The van der Waals surface area contributed by atoms with Crippen LogP contribution in [0, 0.1) is 0 Å². The van der Waals surface area contributed by atoms with Gasteiger partial charge in [-0.05, 0) is 49.9 Å². The summed E-state index contributed by atoms with van der Waals surface area (Å²) in [7, 11) is 0. The summed E-state index contributed by atoms with van der Waals surface area (Å²) in [5.41, 5.74) is 9.60. The standard InChI is InChI=1S/C15H22N2O/c1-15(2)8-14(5-6-18-15)17-9-11-3-4-13(16)7-12(11)10-17/h3-4,7,14H,5-6,8-10,16H2,1-2H3. The van der Waals surface area contributed by atoms with Crippen molar-refractivity contribution < 1.29 is 4.74 Å². The molecule has 1 aromatic rings. The minimum Gasteiger partial charge on any atom is -0.399 e. The molecule has 0 amide bonds. The molecule has 1 saturated heterocycles. The van der Waals surface area contributed by atoms with Crippen molar-refractivity contribution in [3.8, 4) is 0 Å². The van der Waals surface area contributed by atoms with Crippen LogP contribution in [0.25, 0.3) is 0 Å². The quantitative estimate of drug-likeness (QED) is 0.774. The zero-order valence-electron chi connectivity index (χ0n) is 11.3. The highest BCUT2D eigenvalue weighted by molar-refractivity contribution is 5.46. The molecule has 0 spiro atoms. The van der Waals surface area contributed by atoms with E-state index in [4.69, 9.17) is 10.5 Å². The average molecular weight is 246 g/mol. The molecule has 1 unspecified atom stereocenters. The van der Waals surface area contributed by atoms with Crippen molar-refractivity contribution in [1.29, 1.82) is 0 Å². The Balaban J connectivity index is 1.74. The Morgan fingerprint density at radius 1 is 1.28 bits per heavy atom. The largest absolute Gasteiger partial charge is 0.399 e. The number of nitrogens with zero attached hydrogens (tertiary/aromatic N) is 1. The third-order valence-electron chi connectivity index (χ3n) is 4.16. The lowest BCUT2D eigenvalue weighted by Crippen LogP contribution is -2.44. The van der Waals surface area contributed by atoms with Crippen LogP contribution in [0.4, 0.5) is 5.69 Å². The van der Waals surface area contributed by atoms with E-state index in [0.717, 1.165) is 38.2 Å². The zero-order valence-corrected chi connectivity index (χ0v) is 11.3. The van der Waals surface area contributed by atoms with Crippen molar-refractivity contribution in [2.24, 2.45) is 0 Å². The summed E-state index contributed by atoms with van der Waals surface area (Å²) in [4.78, 5) is 2.58. The number of ether oxygens (including phenoxy) is 1. The second-order valence-corrected chi connectivity index (χ2v) is 6.19. The minimum atomic E-state index is 0.0245. The van der Waals surface area contributed by atoms with Gasteiger partial charge in [-0.15, -0.1) is 0 Å². The van der Waals surface area contributed by atoms with Crippen LogP contribution in [-0.2, 0) is 17.8 Å². The number of benzene rings is 1. The molecule has 0 saturated carbocycles. The van der Waals surface area contributed by atoms with E-state index in [1.54, 1.807) is 0 Å². The number of anilines is 1. The van der Waals surface area contributed by atoms with Crippen LogP contribution in [0.2, 0.25) is 0 Å². The number of nitrogen functional groups attached to an aromatic ring is 1. The lowest BCUT2D eigenvalue weighted by molar-refractivity contribution is -0.0842. The van der Waals surface area contributed by atoms with Gasteiger partial charge in [0, 0.05) is 31.4 Å². The predicted molar refractivity (Wildman–Crippen MR) is 73.2 cm³/mol. The van der Waals surface area contributed by atoms with Gasteiger partial charge in [0.15, 0.2) is 0 Å². The Kier molecular flexibility index (Phi) is 2.83. The zero-order chi connectivity index (χ0) is 12.8. The maximum absolute atomic E-state index is 5.86. The smallest absolute Gasteiger partial charge is 0.0641 e. The maximum atomic E-state index is 5.86. The van der Waals surface area contributed by atoms with Crippen molar-refractivity contribution in [3.63, 3.8) is 0 Å². The number of hydrogen-bond donors (Lipinski definition) is 1. The van der Waals surface area contributed by atoms with Gasteiger partial charge in [-0.25, -0.2) is 0 Å². The van der Waals surface area contributed by atoms with Crippen molar-refractivity contribution in [1.82, 2.24) is 4.90 Å². The number of fused-ring (bicyclic) bond motifs is 1. The normalized spacial score (nSPS) is 27.1. The summed E-state index contributed by atoms with van der Waals surface area (Å²) >= 11 is 0. The van der Waals surface area contributed by atoms with Gasteiger partial charge in [-0.2, -0.15) is 0 Å². The van der Waals surface area contributed by atoms with Gasteiger partial charge < -0.3 is 10.5 Å². The molecule has 98 valence electrons. The Bertz CT molecular complexity index is 456. The third-order valence-corrected chi connectivity index (χ3v) is 4.16. The fourth-order valence-corrected chi connectivity index (χ4v) is 3.21. The van der Waals surface area contributed by atoms with Gasteiger partial charge >= 0.3 is 0 Å². The first-order valence-corrected chi connectivity index (χ1v) is 6.79. The third kappa shape index (κ3) is 2.25. The molecule has 1 fully saturated rings. The lowest BCUT2D eigenvalue weighted by atomic mass is 9.93. The van der Waals surface area contributed by atoms with E-state index >= 15 is 0 Å². The van der Waals surface area contributed by atoms with E-state index in [1.165, 1.54) is 11.1 Å². The molecule has 3 rings (SSSR count). The summed E-state index contributed by atoms with van der Waals surface area (Å²) in [5, 5.41) is 0. The molecule has 18 heavy (non-hydrogen) atoms. The van der Waals surface area contributed by atoms with Gasteiger partial charge in [0.2, 0.25) is 0 Å². The Hall–Kier alpha value is -1.06. The van der Waals surface area contributed by atoms with E-state index in [0.29, 0.717) is 6.04 Å². The van der Waals surface area contributed by atoms with Crippen molar-refractivity contribution in [2.75, 3.05) is 12.3 Å². The van der Waals surface area contributed by atoms with Gasteiger partial charge in [0.1, 0.15) is 0 Å².